The maximum absolute atomic E-state index is 12.1. The first-order chi connectivity index (χ1) is 9.69. The van der Waals surface area contributed by atoms with E-state index in [-0.39, 0.29) is 11.3 Å². The number of nitrogens with zero attached hydrogens (tertiary/aromatic N) is 1. The van der Waals surface area contributed by atoms with Crippen LogP contribution in [0.2, 0.25) is 0 Å². The van der Waals surface area contributed by atoms with Crippen LogP contribution in [0, 0.1) is 18.3 Å². The first-order valence-corrected chi connectivity index (χ1v) is 7.83. The predicted molar refractivity (Wildman–Crippen MR) is 84.1 cm³/mol. The van der Waals surface area contributed by atoms with E-state index in [1.165, 1.54) is 0 Å². The molecule has 0 aliphatic heterocycles. The molecule has 2 N–H and O–H groups in total. The van der Waals surface area contributed by atoms with E-state index in [4.69, 9.17) is 0 Å². The molecule has 1 aromatic rings. The molecule has 0 saturated heterocycles. The zero-order valence-electron chi connectivity index (χ0n) is 13.9. The van der Waals surface area contributed by atoms with E-state index in [9.17, 15) is 9.90 Å². The van der Waals surface area contributed by atoms with Crippen molar-refractivity contribution < 1.29 is 9.90 Å². The molecule has 1 aromatic heterocycles. The van der Waals surface area contributed by atoms with E-state index in [1.54, 1.807) is 0 Å². The van der Waals surface area contributed by atoms with Gasteiger partial charge >= 0.3 is 0 Å². The Bertz CT molecular complexity index is 529. The molecule has 0 aromatic carbocycles. The van der Waals surface area contributed by atoms with Crippen LogP contribution in [0.3, 0.4) is 0 Å². The number of carbonyl (C=O) groups excluding carboxylic acids is 1. The van der Waals surface area contributed by atoms with Crippen LogP contribution in [0.5, 0.6) is 0 Å². The molecule has 1 atom stereocenters. The van der Waals surface area contributed by atoms with E-state index >= 15 is 0 Å². The third-order valence-electron chi connectivity index (χ3n) is 4.21. The predicted octanol–water partition coefficient (Wildman–Crippen LogP) is 2.57. The van der Waals surface area contributed by atoms with Crippen molar-refractivity contribution in [1.82, 2.24) is 9.88 Å². The van der Waals surface area contributed by atoms with Crippen molar-refractivity contribution in [3.05, 3.63) is 23.0 Å². The van der Waals surface area contributed by atoms with Crippen LogP contribution >= 0.6 is 0 Å². The lowest BCUT2D eigenvalue weighted by Gasteiger charge is -2.34. The van der Waals surface area contributed by atoms with E-state index < -0.39 is 6.10 Å². The smallest absolute Gasteiger partial charge is 0.239 e. The first-order valence-electron chi connectivity index (χ1n) is 7.83. The molecule has 1 unspecified atom stereocenters. The van der Waals surface area contributed by atoms with Crippen LogP contribution in [0.25, 0.3) is 0 Å². The van der Waals surface area contributed by atoms with Crippen molar-refractivity contribution in [3.8, 4) is 0 Å². The Hall–Kier alpha value is -1.29. The quantitative estimate of drug-likeness (QED) is 0.896. The second kappa shape index (κ2) is 5.84. The van der Waals surface area contributed by atoms with E-state index in [0.717, 1.165) is 29.8 Å². The minimum absolute atomic E-state index is 0.0445. The molecule has 1 aliphatic carbocycles. The molecule has 1 aliphatic rings. The SMILES string of the molecule is Cc1cc2c(n1CC(=O)NCC(C)C)CC(C)(C)CC2O. The van der Waals surface area contributed by atoms with E-state index in [2.05, 4.69) is 37.6 Å². The van der Waals surface area contributed by atoms with Gasteiger partial charge in [-0.3, -0.25) is 4.79 Å². The topological polar surface area (TPSA) is 54.3 Å². The molecular formula is C17H28N2O2. The summed E-state index contributed by atoms with van der Waals surface area (Å²) in [7, 11) is 0. The molecule has 0 fully saturated rings. The van der Waals surface area contributed by atoms with Crippen molar-refractivity contribution in [1.29, 1.82) is 0 Å². The van der Waals surface area contributed by atoms with Gasteiger partial charge in [-0.15, -0.1) is 0 Å². The van der Waals surface area contributed by atoms with Crippen LogP contribution in [0.15, 0.2) is 6.07 Å². The number of amides is 1. The molecule has 4 heteroatoms. The summed E-state index contributed by atoms with van der Waals surface area (Å²) in [6.07, 6.45) is 1.27. The Morgan fingerprint density at radius 2 is 2.19 bits per heavy atom. The van der Waals surface area contributed by atoms with E-state index in [1.807, 2.05) is 13.0 Å². The average molecular weight is 292 g/mol. The summed E-state index contributed by atoms with van der Waals surface area (Å²) in [5.41, 5.74) is 3.25. The Morgan fingerprint density at radius 3 is 2.81 bits per heavy atom. The molecule has 21 heavy (non-hydrogen) atoms. The molecule has 4 nitrogen and oxygen atoms in total. The van der Waals surface area contributed by atoms with Gasteiger partial charge in [-0.2, -0.15) is 0 Å². The highest BCUT2D eigenvalue weighted by Crippen LogP contribution is 2.41. The third-order valence-corrected chi connectivity index (χ3v) is 4.21. The summed E-state index contributed by atoms with van der Waals surface area (Å²) in [4.78, 5) is 12.1. The molecule has 2 rings (SSSR count). The van der Waals surface area contributed by atoms with Crippen LogP contribution in [0.4, 0.5) is 0 Å². The van der Waals surface area contributed by atoms with Crippen LogP contribution < -0.4 is 5.32 Å². The Labute approximate surface area is 127 Å². The number of aliphatic hydroxyl groups is 1. The van der Waals surface area contributed by atoms with Crippen molar-refractivity contribution in [2.24, 2.45) is 11.3 Å². The van der Waals surface area contributed by atoms with Crippen LogP contribution in [-0.4, -0.2) is 22.1 Å². The molecule has 1 heterocycles. The molecule has 118 valence electrons. The van der Waals surface area contributed by atoms with Gasteiger partial charge in [0.2, 0.25) is 5.91 Å². The third kappa shape index (κ3) is 3.67. The van der Waals surface area contributed by atoms with Gasteiger partial charge in [0.15, 0.2) is 0 Å². The summed E-state index contributed by atoms with van der Waals surface area (Å²) in [6, 6.07) is 2.03. The van der Waals surface area contributed by atoms with Gasteiger partial charge in [-0.05, 0) is 37.2 Å². The molecule has 0 spiro atoms. The number of carbonyl (C=O) groups is 1. The van der Waals surface area contributed by atoms with Gasteiger partial charge in [-0.25, -0.2) is 0 Å². The fraction of sp³-hybridized carbons (Fsp3) is 0.706. The summed E-state index contributed by atoms with van der Waals surface area (Å²) in [6.45, 7) is 11.6. The van der Waals surface area contributed by atoms with Crippen molar-refractivity contribution in [2.45, 2.75) is 60.1 Å². The van der Waals surface area contributed by atoms with Gasteiger partial charge < -0.3 is 15.0 Å². The number of aliphatic hydroxyl groups excluding tert-OH is 1. The fourth-order valence-corrected chi connectivity index (χ4v) is 3.14. The molecular weight excluding hydrogens is 264 g/mol. The number of fused-ring (bicyclic) bond motifs is 1. The lowest BCUT2D eigenvalue weighted by molar-refractivity contribution is -0.121. The summed E-state index contributed by atoms with van der Waals surface area (Å²) in [5.74, 6) is 0.498. The minimum atomic E-state index is -0.414. The van der Waals surface area contributed by atoms with Crippen LogP contribution in [0.1, 0.15) is 57.2 Å². The maximum atomic E-state index is 12.1. The average Bonchev–Trinajstić information content (AvgIpc) is 2.63. The number of rotatable bonds is 4. The second-order valence-corrected chi connectivity index (χ2v) is 7.53. The first kappa shape index (κ1) is 16.1. The molecule has 1 amide bonds. The number of aryl methyl sites for hydroxylation is 1. The monoisotopic (exact) mass is 292 g/mol. The largest absolute Gasteiger partial charge is 0.388 e. The lowest BCUT2D eigenvalue weighted by Crippen LogP contribution is -2.33. The molecule has 0 radical (unpaired) electrons. The second-order valence-electron chi connectivity index (χ2n) is 7.53. The van der Waals surface area contributed by atoms with Crippen molar-refractivity contribution >= 4 is 5.91 Å². The van der Waals surface area contributed by atoms with Gasteiger partial charge in [0, 0.05) is 23.5 Å². The van der Waals surface area contributed by atoms with Gasteiger partial charge in [0.1, 0.15) is 6.54 Å². The van der Waals surface area contributed by atoms with Gasteiger partial charge in [-0.1, -0.05) is 27.7 Å². The standard InChI is InChI=1S/C17H28N2O2/c1-11(2)9-18-16(21)10-19-12(3)6-13-14(19)7-17(4,5)8-15(13)20/h6,11,15,20H,7-10H2,1-5H3,(H,18,21). The normalized spacial score (nSPS) is 20.4. The maximum Gasteiger partial charge on any atom is 0.239 e. The van der Waals surface area contributed by atoms with Gasteiger partial charge in [0.05, 0.1) is 6.10 Å². The lowest BCUT2D eigenvalue weighted by atomic mass is 9.75. The molecule has 0 saturated carbocycles. The van der Waals surface area contributed by atoms with E-state index in [0.29, 0.717) is 19.0 Å². The number of nitrogens with one attached hydrogen (secondary N) is 1. The Kier molecular flexibility index (Phi) is 4.47. The summed E-state index contributed by atoms with van der Waals surface area (Å²) >= 11 is 0. The summed E-state index contributed by atoms with van der Waals surface area (Å²) < 4.78 is 2.06. The Morgan fingerprint density at radius 1 is 1.52 bits per heavy atom. The van der Waals surface area contributed by atoms with Crippen molar-refractivity contribution in [2.75, 3.05) is 6.54 Å². The summed E-state index contributed by atoms with van der Waals surface area (Å²) in [5, 5.41) is 13.3. The Balaban J connectivity index is 2.20. The zero-order valence-corrected chi connectivity index (χ0v) is 13.9. The molecule has 0 bridgehead atoms. The number of hydrogen-bond donors (Lipinski definition) is 2. The number of hydrogen-bond acceptors (Lipinski definition) is 2. The highest BCUT2D eigenvalue weighted by atomic mass is 16.3. The fourth-order valence-electron chi connectivity index (χ4n) is 3.14. The zero-order chi connectivity index (χ0) is 15.8. The minimum Gasteiger partial charge on any atom is -0.388 e. The highest BCUT2D eigenvalue weighted by molar-refractivity contribution is 5.76. The van der Waals surface area contributed by atoms with Crippen LogP contribution in [-0.2, 0) is 17.8 Å². The van der Waals surface area contributed by atoms with Crippen molar-refractivity contribution in [3.63, 3.8) is 0 Å². The highest BCUT2D eigenvalue weighted by Gasteiger charge is 2.34. The van der Waals surface area contributed by atoms with Gasteiger partial charge in [0.25, 0.3) is 0 Å². The number of aromatic nitrogens is 1.